The van der Waals surface area contributed by atoms with Gasteiger partial charge in [0.15, 0.2) is 0 Å². The first-order valence-electron chi connectivity index (χ1n) is 6.68. The molecule has 4 heteroatoms. The van der Waals surface area contributed by atoms with E-state index in [1.165, 1.54) is 38.3 Å². The normalized spacial score (nSPS) is 19.8. The molecule has 1 aliphatic heterocycles. The highest BCUT2D eigenvalue weighted by atomic mass is 16.4. The molecule has 98 valence electrons. The second kappa shape index (κ2) is 5.85. The van der Waals surface area contributed by atoms with Crippen LogP contribution in [-0.2, 0) is 0 Å². The molecular weight excluding hydrogens is 228 g/mol. The van der Waals surface area contributed by atoms with Crippen molar-refractivity contribution < 1.29 is 9.90 Å². The van der Waals surface area contributed by atoms with Gasteiger partial charge >= 0.3 is 5.97 Å². The lowest BCUT2D eigenvalue weighted by Gasteiger charge is -2.36. The van der Waals surface area contributed by atoms with Crippen LogP contribution in [0, 0.1) is 0 Å². The van der Waals surface area contributed by atoms with E-state index in [1.807, 2.05) is 6.07 Å². The molecule has 1 unspecified atom stereocenters. The summed E-state index contributed by atoms with van der Waals surface area (Å²) in [5.41, 5.74) is 0.253. The summed E-state index contributed by atoms with van der Waals surface area (Å²) < 4.78 is 0. The van der Waals surface area contributed by atoms with Crippen LogP contribution in [0.15, 0.2) is 18.3 Å². The van der Waals surface area contributed by atoms with Crippen molar-refractivity contribution in [2.45, 2.75) is 45.1 Å². The van der Waals surface area contributed by atoms with Gasteiger partial charge in [-0.3, -0.25) is 0 Å². The minimum atomic E-state index is -0.919. The Kier molecular flexibility index (Phi) is 4.18. The topological polar surface area (TPSA) is 53.4 Å². The van der Waals surface area contributed by atoms with Crippen molar-refractivity contribution in [1.29, 1.82) is 0 Å². The average Bonchev–Trinajstić information content (AvgIpc) is 2.40. The van der Waals surface area contributed by atoms with Crippen molar-refractivity contribution in [3.05, 3.63) is 23.9 Å². The van der Waals surface area contributed by atoms with Gasteiger partial charge in [-0.2, -0.15) is 0 Å². The number of nitrogens with zero attached hydrogens (tertiary/aromatic N) is 2. The molecule has 0 bridgehead atoms. The molecule has 1 atom stereocenters. The molecule has 0 spiro atoms. The average molecular weight is 248 g/mol. The third-order valence-corrected chi connectivity index (χ3v) is 3.54. The van der Waals surface area contributed by atoms with E-state index in [0.29, 0.717) is 6.04 Å². The minimum Gasteiger partial charge on any atom is -0.478 e. The molecule has 1 fully saturated rings. The summed E-state index contributed by atoms with van der Waals surface area (Å²) in [6.07, 6.45) is 7.51. The Morgan fingerprint density at radius 3 is 2.94 bits per heavy atom. The maximum atomic E-state index is 10.8. The lowest BCUT2D eigenvalue weighted by atomic mass is 9.98. The molecular formula is C14H20N2O2. The van der Waals surface area contributed by atoms with E-state index >= 15 is 0 Å². The third-order valence-electron chi connectivity index (χ3n) is 3.54. The van der Waals surface area contributed by atoms with Crippen LogP contribution in [-0.4, -0.2) is 28.6 Å². The molecule has 0 amide bonds. The van der Waals surface area contributed by atoms with Crippen LogP contribution in [0.5, 0.6) is 0 Å². The van der Waals surface area contributed by atoms with Crippen LogP contribution in [0.4, 0.5) is 5.82 Å². The molecule has 2 heterocycles. The van der Waals surface area contributed by atoms with Gasteiger partial charge in [-0.25, -0.2) is 9.78 Å². The maximum absolute atomic E-state index is 10.8. The molecule has 1 saturated heterocycles. The molecule has 0 aliphatic carbocycles. The Morgan fingerprint density at radius 1 is 1.50 bits per heavy atom. The number of aromatic nitrogens is 1. The predicted molar refractivity (Wildman–Crippen MR) is 71.1 cm³/mol. The smallest absolute Gasteiger partial charge is 0.337 e. The number of piperidine rings is 1. The quantitative estimate of drug-likeness (QED) is 0.890. The fraction of sp³-hybridized carbons (Fsp3) is 0.571. The zero-order valence-corrected chi connectivity index (χ0v) is 10.8. The second-order valence-electron chi connectivity index (χ2n) is 4.84. The van der Waals surface area contributed by atoms with Gasteiger partial charge in [0.25, 0.3) is 0 Å². The van der Waals surface area contributed by atoms with Crippen molar-refractivity contribution in [3.63, 3.8) is 0 Å². The first-order chi connectivity index (χ1) is 8.72. The van der Waals surface area contributed by atoms with Crippen LogP contribution in [0.1, 0.15) is 49.4 Å². The minimum absolute atomic E-state index is 0.253. The number of carboxylic acids is 1. The number of rotatable bonds is 4. The summed E-state index contributed by atoms with van der Waals surface area (Å²) in [5, 5.41) is 8.87. The van der Waals surface area contributed by atoms with Crippen LogP contribution < -0.4 is 4.90 Å². The largest absolute Gasteiger partial charge is 0.478 e. The number of carbonyl (C=O) groups is 1. The Bertz CT molecular complexity index is 401. The summed E-state index contributed by atoms with van der Waals surface area (Å²) >= 11 is 0. The molecule has 0 aromatic carbocycles. The van der Waals surface area contributed by atoms with Crippen LogP contribution >= 0.6 is 0 Å². The van der Waals surface area contributed by atoms with Crippen LogP contribution in [0.2, 0.25) is 0 Å². The van der Waals surface area contributed by atoms with Crippen molar-refractivity contribution in [2.24, 2.45) is 0 Å². The number of hydrogen-bond acceptors (Lipinski definition) is 3. The molecule has 0 saturated carbocycles. The Morgan fingerprint density at radius 2 is 2.33 bits per heavy atom. The first-order valence-corrected chi connectivity index (χ1v) is 6.68. The standard InChI is InChI=1S/C14H20N2O2/c1-2-5-12-6-3-4-9-16(12)13-8-7-11(10-15-13)14(17)18/h7-8,10,12H,2-6,9H2,1H3,(H,17,18). The Labute approximate surface area is 108 Å². The molecule has 2 rings (SSSR count). The number of hydrogen-bond donors (Lipinski definition) is 1. The van der Waals surface area contributed by atoms with Gasteiger partial charge in [0.1, 0.15) is 5.82 Å². The molecule has 1 aromatic heterocycles. The highest BCUT2D eigenvalue weighted by Crippen LogP contribution is 2.25. The highest BCUT2D eigenvalue weighted by molar-refractivity contribution is 5.87. The zero-order chi connectivity index (χ0) is 13.0. The highest BCUT2D eigenvalue weighted by Gasteiger charge is 2.22. The Balaban J connectivity index is 2.15. The van der Waals surface area contributed by atoms with Gasteiger partial charge in [0, 0.05) is 18.8 Å². The number of aromatic carboxylic acids is 1. The van der Waals surface area contributed by atoms with Crippen molar-refractivity contribution in [1.82, 2.24) is 4.98 Å². The summed E-state index contributed by atoms with van der Waals surface area (Å²) in [7, 11) is 0. The van der Waals surface area contributed by atoms with Crippen LogP contribution in [0.25, 0.3) is 0 Å². The molecule has 1 aromatic rings. The summed E-state index contributed by atoms with van der Waals surface area (Å²) in [4.78, 5) is 17.4. The Hall–Kier alpha value is -1.58. The van der Waals surface area contributed by atoms with Gasteiger partial charge in [-0.1, -0.05) is 13.3 Å². The van der Waals surface area contributed by atoms with Crippen LogP contribution in [0.3, 0.4) is 0 Å². The summed E-state index contributed by atoms with van der Waals surface area (Å²) in [6, 6.07) is 4.03. The third kappa shape index (κ3) is 2.81. The van der Waals surface area contributed by atoms with Gasteiger partial charge in [0.2, 0.25) is 0 Å². The molecule has 0 radical (unpaired) electrons. The van der Waals surface area contributed by atoms with Crippen molar-refractivity contribution in [2.75, 3.05) is 11.4 Å². The molecule has 4 nitrogen and oxygen atoms in total. The van der Waals surface area contributed by atoms with Gasteiger partial charge < -0.3 is 10.0 Å². The van der Waals surface area contributed by atoms with E-state index in [9.17, 15) is 4.79 Å². The van der Waals surface area contributed by atoms with Crippen molar-refractivity contribution in [3.8, 4) is 0 Å². The zero-order valence-electron chi connectivity index (χ0n) is 10.8. The van der Waals surface area contributed by atoms with E-state index in [-0.39, 0.29) is 5.56 Å². The van der Waals surface area contributed by atoms with E-state index < -0.39 is 5.97 Å². The first kappa shape index (κ1) is 12.9. The fourth-order valence-corrected chi connectivity index (χ4v) is 2.62. The van der Waals surface area contributed by atoms with Crippen molar-refractivity contribution >= 4 is 11.8 Å². The van der Waals surface area contributed by atoms with E-state index in [1.54, 1.807) is 6.07 Å². The van der Waals surface area contributed by atoms with Gasteiger partial charge in [0.05, 0.1) is 5.56 Å². The fourth-order valence-electron chi connectivity index (χ4n) is 2.62. The lowest BCUT2D eigenvalue weighted by molar-refractivity contribution is 0.0696. The van der Waals surface area contributed by atoms with Gasteiger partial charge in [-0.05, 0) is 37.8 Å². The monoisotopic (exact) mass is 248 g/mol. The van der Waals surface area contributed by atoms with E-state index in [2.05, 4.69) is 16.8 Å². The van der Waals surface area contributed by atoms with Gasteiger partial charge in [-0.15, -0.1) is 0 Å². The molecule has 18 heavy (non-hydrogen) atoms. The molecule has 1 aliphatic rings. The second-order valence-corrected chi connectivity index (χ2v) is 4.84. The maximum Gasteiger partial charge on any atom is 0.337 e. The predicted octanol–water partition coefficient (Wildman–Crippen LogP) is 2.94. The number of anilines is 1. The number of pyridine rings is 1. The lowest BCUT2D eigenvalue weighted by Crippen LogP contribution is -2.40. The SMILES string of the molecule is CCCC1CCCCN1c1ccc(C(=O)O)cn1. The van der Waals surface area contributed by atoms with E-state index in [4.69, 9.17) is 5.11 Å². The summed E-state index contributed by atoms with van der Waals surface area (Å²) in [6.45, 7) is 3.23. The number of carboxylic acid groups (broad SMARTS) is 1. The molecule has 1 N–H and O–H groups in total. The van der Waals surface area contributed by atoms with E-state index in [0.717, 1.165) is 12.4 Å². The summed E-state index contributed by atoms with van der Waals surface area (Å²) in [5.74, 6) is -0.00375.